The van der Waals surface area contributed by atoms with E-state index in [1.807, 2.05) is 36.4 Å². The van der Waals surface area contributed by atoms with Crippen LogP contribution in [-0.2, 0) is 5.41 Å². The third-order valence-electron chi connectivity index (χ3n) is 8.26. The van der Waals surface area contributed by atoms with Gasteiger partial charge in [-0.2, -0.15) is 0 Å². The Morgan fingerprint density at radius 2 is 1.02 bits per heavy atom. The van der Waals surface area contributed by atoms with Gasteiger partial charge in [-0.3, -0.25) is 0 Å². The molecule has 6 aromatic rings. The van der Waals surface area contributed by atoms with E-state index in [-0.39, 0.29) is 22.9 Å². The Balaban J connectivity index is 1.36. The highest BCUT2D eigenvalue weighted by atomic mass is 16.5. The van der Waals surface area contributed by atoms with Gasteiger partial charge in [0.1, 0.15) is 34.5 Å². The van der Waals surface area contributed by atoms with Crippen LogP contribution in [0.15, 0.2) is 127 Å². The van der Waals surface area contributed by atoms with Gasteiger partial charge in [0, 0.05) is 17.7 Å². The monoisotopic (exact) mass is 588 g/mol. The van der Waals surface area contributed by atoms with E-state index in [4.69, 9.17) is 27.4 Å². The van der Waals surface area contributed by atoms with E-state index in [0.29, 0.717) is 23.0 Å². The molecule has 0 radical (unpaired) electrons. The van der Waals surface area contributed by atoms with E-state index >= 15 is 0 Å². The summed E-state index contributed by atoms with van der Waals surface area (Å²) >= 11 is 0. The third kappa shape index (κ3) is 4.64. The minimum atomic E-state index is -0.693. The first-order valence-corrected chi connectivity index (χ1v) is 14.3. The van der Waals surface area contributed by atoms with Crippen LogP contribution >= 0.6 is 0 Å². The number of hydrogen-bond acceptors (Lipinski definition) is 6. The van der Waals surface area contributed by atoms with Crippen LogP contribution in [0.25, 0.3) is 11.1 Å². The second-order valence-electron chi connectivity index (χ2n) is 10.9. The largest absolute Gasteiger partial charge is 0.506 e. The SMILES string of the molecule is C#Cc1ccc2c(c1)C(c1ccc(Oc3ccc(O)c(N)c3)cc1)(c1ccc(Oc3ccc(O)c(N)c3)cc1)c1ccccc1-2. The van der Waals surface area contributed by atoms with Crippen molar-refractivity contribution >= 4 is 11.4 Å². The molecule has 0 saturated heterocycles. The van der Waals surface area contributed by atoms with Crippen LogP contribution in [-0.4, -0.2) is 10.2 Å². The van der Waals surface area contributed by atoms with Crippen LogP contribution in [0.2, 0.25) is 0 Å². The first kappa shape index (κ1) is 27.5. The number of nitrogen functional groups attached to an aromatic ring is 2. The van der Waals surface area contributed by atoms with Gasteiger partial charge in [-0.15, -0.1) is 6.42 Å². The second-order valence-corrected chi connectivity index (χ2v) is 10.9. The molecule has 1 aliphatic rings. The zero-order valence-corrected chi connectivity index (χ0v) is 24.1. The summed E-state index contributed by atoms with van der Waals surface area (Å²) in [7, 11) is 0. The topological polar surface area (TPSA) is 111 Å². The molecule has 0 aliphatic heterocycles. The van der Waals surface area contributed by atoms with Crippen molar-refractivity contribution in [2.45, 2.75) is 5.41 Å². The van der Waals surface area contributed by atoms with Crippen molar-refractivity contribution in [1.82, 2.24) is 0 Å². The van der Waals surface area contributed by atoms with Gasteiger partial charge in [-0.1, -0.05) is 60.5 Å². The van der Waals surface area contributed by atoms with Crippen molar-refractivity contribution in [3.8, 4) is 58.0 Å². The summed E-state index contributed by atoms with van der Waals surface area (Å²) in [4.78, 5) is 0. The molecule has 218 valence electrons. The molecule has 0 atom stereocenters. The number of terminal acetylenes is 1. The molecule has 0 unspecified atom stereocenters. The van der Waals surface area contributed by atoms with Crippen LogP contribution in [0.3, 0.4) is 0 Å². The van der Waals surface area contributed by atoms with E-state index in [2.05, 4.69) is 60.5 Å². The maximum atomic E-state index is 9.80. The van der Waals surface area contributed by atoms with Gasteiger partial charge in [0.15, 0.2) is 0 Å². The number of nitrogens with two attached hydrogens (primary N) is 2. The molecule has 0 heterocycles. The number of aromatic hydroxyl groups is 2. The van der Waals surface area contributed by atoms with Gasteiger partial charge in [0.05, 0.1) is 16.8 Å². The fourth-order valence-corrected chi connectivity index (χ4v) is 6.17. The van der Waals surface area contributed by atoms with E-state index < -0.39 is 5.41 Å². The molecular formula is C39H28N2O4. The predicted molar refractivity (Wildman–Crippen MR) is 177 cm³/mol. The Bertz CT molecular complexity index is 2020. The summed E-state index contributed by atoms with van der Waals surface area (Å²) in [6.07, 6.45) is 5.91. The van der Waals surface area contributed by atoms with E-state index in [9.17, 15) is 10.2 Å². The number of phenolic OH excluding ortho intramolecular Hbond substituents is 2. The van der Waals surface area contributed by atoms with Gasteiger partial charge >= 0.3 is 0 Å². The smallest absolute Gasteiger partial charge is 0.138 e. The van der Waals surface area contributed by atoms with Crippen molar-refractivity contribution in [2.75, 3.05) is 11.5 Å². The molecule has 6 heteroatoms. The number of hydrogen-bond donors (Lipinski definition) is 4. The molecular weight excluding hydrogens is 560 g/mol. The van der Waals surface area contributed by atoms with Gasteiger partial charge in [-0.25, -0.2) is 0 Å². The summed E-state index contributed by atoms with van der Waals surface area (Å²) < 4.78 is 12.2. The lowest BCUT2D eigenvalue weighted by molar-refractivity contribution is 0.466. The zero-order chi connectivity index (χ0) is 31.1. The molecule has 0 aromatic heterocycles. The van der Waals surface area contributed by atoms with E-state index in [1.165, 1.54) is 12.1 Å². The first-order valence-electron chi connectivity index (χ1n) is 14.3. The van der Waals surface area contributed by atoms with Gasteiger partial charge in [0.2, 0.25) is 0 Å². The van der Waals surface area contributed by atoms with Gasteiger partial charge < -0.3 is 31.2 Å². The summed E-state index contributed by atoms with van der Waals surface area (Å²) in [5.74, 6) is 5.13. The summed E-state index contributed by atoms with van der Waals surface area (Å²) in [6.45, 7) is 0. The summed E-state index contributed by atoms with van der Waals surface area (Å²) in [5.41, 5.74) is 18.9. The quantitative estimate of drug-likeness (QED) is 0.0886. The van der Waals surface area contributed by atoms with Crippen LogP contribution in [0.1, 0.15) is 27.8 Å². The zero-order valence-electron chi connectivity index (χ0n) is 24.1. The number of anilines is 2. The predicted octanol–water partition coefficient (Wildman–Crippen LogP) is 8.19. The van der Waals surface area contributed by atoms with Gasteiger partial charge in [-0.05, 0) is 94.0 Å². The fourth-order valence-electron chi connectivity index (χ4n) is 6.17. The number of fused-ring (bicyclic) bond motifs is 3. The number of rotatable bonds is 6. The average Bonchev–Trinajstić information content (AvgIpc) is 3.35. The molecule has 0 spiro atoms. The molecule has 6 nitrogen and oxygen atoms in total. The summed E-state index contributed by atoms with van der Waals surface area (Å²) in [6, 6.07) is 40.1. The lowest BCUT2D eigenvalue weighted by Gasteiger charge is -2.34. The third-order valence-corrected chi connectivity index (χ3v) is 8.26. The van der Waals surface area contributed by atoms with Crippen molar-refractivity contribution in [3.63, 3.8) is 0 Å². The standard InChI is InChI=1S/C39H28N2O4/c1-2-24-7-18-32-31-5-3-4-6-33(31)39(34(32)21-24,25-8-12-27(13-9-25)44-29-16-19-37(42)35(40)22-29)26-10-14-28(15-11-26)45-30-17-20-38(43)36(41)23-30/h1,3-23,42-43H,40-41H2. The average molecular weight is 589 g/mol. The first-order chi connectivity index (χ1) is 21.9. The molecule has 6 N–H and O–H groups in total. The Hall–Kier alpha value is -6.32. The minimum Gasteiger partial charge on any atom is -0.506 e. The fraction of sp³-hybridized carbons (Fsp3) is 0.0256. The number of benzene rings is 6. The van der Waals surface area contributed by atoms with E-state index in [1.54, 1.807) is 24.3 Å². The molecule has 0 bridgehead atoms. The molecule has 1 aliphatic carbocycles. The summed E-state index contributed by atoms with van der Waals surface area (Å²) in [5, 5.41) is 19.6. The highest BCUT2D eigenvalue weighted by Crippen LogP contribution is 2.56. The molecule has 0 amide bonds. The van der Waals surface area contributed by atoms with Crippen LogP contribution in [0, 0.1) is 12.3 Å². The lowest BCUT2D eigenvalue weighted by Crippen LogP contribution is -2.28. The van der Waals surface area contributed by atoms with Crippen molar-refractivity contribution < 1.29 is 19.7 Å². The highest BCUT2D eigenvalue weighted by Gasteiger charge is 2.46. The molecule has 0 saturated carbocycles. The minimum absolute atomic E-state index is 0.00755. The number of ether oxygens (including phenoxy) is 2. The maximum Gasteiger partial charge on any atom is 0.138 e. The molecule has 6 aromatic carbocycles. The van der Waals surface area contributed by atoms with Crippen LogP contribution < -0.4 is 20.9 Å². The number of phenols is 2. The van der Waals surface area contributed by atoms with Crippen LogP contribution in [0.4, 0.5) is 11.4 Å². The molecule has 0 fully saturated rings. The second kappa shape index (κ2) is 10.7. The normalized spacial score (nSPS) is 12.5. The van der Waals surface area contributed by atoms with Gasteiger partial charge in [0.25, 0.3) is 0 Å². The Morgan fingerprint density at radius 1 is 0.533 bits per heavy atom. The lowest BCUT2D eigenvalue weighted by atomic mass is 9.67. The van der Waals surface area contributed by atoms with Crippen LogP contribution in [0.5, 0.6) is 34.5 Å². The van der Waals surface area contributed by atoms with Crippen molar-refractivity contribution in [1.29, 1.82) is 0 Å². The molecule has 45 heavy (non-hydrogen) atoms. The van der Waals surface area contributed by atoms with E-state index in [0.717, 1.165) is 38.9 Å². The Labute approximate surface area is 260 Å². The Morgan fingerprint density at radius 3 is 1.53 bits per heavy atom. The Kier molecular flexibility index (Phi) is 6.57. The van der Waals surface area contributed by atoms with Crippen molar-refractivity contribution in [3.05, 3.63) is 155 Å². The maximum absolute atomic E-state index is 9.80. The molecule has 7 rings (SSSR count). The van der Waals surface area contributed by atoms with Crippen molar-refractivity contribution in [2.24, 2.45) is 0 Å². The highest BCUT2D eigenvalue weighted by molar-refractivity contribution is 5.87.